The lowest BCUT2D eigenvalue weighted by Gasteiger charge is -2.26. The predicted octanol–water partition coefficient (Wildman–Crippen LogP) is 0.663. The van der Waals surface area contributed by atoms with Crippen LogP contribution in [0.4, 0.5) is 10.2 Å². The number of nitrogens with one attached hydrogen (secondary N) is 1. The summed E-state index contributed by atoms with van der Waals surface area (Å²) in [6, 6.07) is 0.965. The van der Waals surface area contributed by atoms with Crippen molar-refractivity contribution in [2.75, 3.05) is 44.7 Å². The van der Waals surface area contributed by atoms with Crippen molar-refractivity contribution in [2.24, 2.45) is 0 Å². The van der Waals surface area contributed by atoms with Gasteiger partial charge in [0.1, 0.15) is 17.2 Å². The third-order valence-corrected chi connectivity index (χ3v) is 2.91. The van der Waals surface area contributed by atoms with Gasteiger partial charge in [-0.3, -0.25) is 4.90 Å². The Labute approximate surface area is 110 Å². The van der Waals surface area contributed by atoms with Gasteiger partial charge in [-0.25, -0.2) is 14.2 Å². The van der Waals surface area contributed by atoms with E-state index >= 15 is 0 Å². The summed E-state index contributed by atoms with van der Waals surface area (Å²) >= 11 is 0. The van der Waals surface area contributed by atoms with Crippen molar-refractivity contribution in [3.05, 3.63) is 23.6 Å². The maximum absolute atomic E-state index is 12.9. The van der Waals surface area contributed by atoms with Crippen molar-refractivity contribution < 1.29 is 19.0 Å². The number of anilines is 1. The van der Waals surface area contributed by atoms with Crippen LogP contribution in [-0.4, -0.2) is 60.4 Å². The van der Waals surface area contributed by atoms with Crippen LogP contribution in [0.5, 0.6) is 0 Å². The lowest BCUT2D eigenvalue weighted by Crippen LogP contribution is -2.39. The Morgan fingerprint density at radius 1 is 1.53 bits per heavy atom. The number of carboxylic acids is 1. The van der Waals surface area contributed by atoms with Crippen LogP contribution in [-0.2, 0) is 4.74 Å². The number of aromatic carboxylic acids is 1. The molecule has 7 heteroatoms. The molecule has 0 amide bonds. The van der Waals surface area contributed by atoms with Crippen molar-refractivity contribution in [1.82, 2.24) is 9.88 Å². The van der Waals surface area contributed by atoms with Crippen LogP contribution in [0.2, 0.25) is 0 Å². The van der Waals surface area contributed by atoms with E-state index in [1.54, 1.807) is 0 Å². The zero-order valence-corrected chi connectivity index (χ0v) is 10.4. The van der Waals surface area contributed by atoms with Gasteiger partial charge in [0.2, 0.25) is 0 Å². The Bertz CT molecular complexity index is 450. The normalized spacial score (nSPS) is 16.3. The first-order valence-electron chi connectivity index (χ1n) is 6.09. The fourth-order valence-electron chi connectivity index (χ4n) is 1.90. The van der Waals surface area contributed by atoms with Gasteiger partial charge in [0, 0.05) is 26.2 Å². The molecule has 0 spiro atoms. The minimum absolute atomic E-state index is 0.151. The van der Waals surface area contributed by atoms with Crippen molar-refractivity contribution in [2.45, 2.75) is 0 Å². The number of rotatable bonds is 5. The molecule has 1 aliphatic rings. The van der Waals surface area contributed by atoms with Crippen molar-refractivity contribution in [3.63, 3.8) is 0 Å². The molecule has 19 heavy (non-hydrogen) atoms. The summed E-state index contributed by atoms with van der Waals surface area (Å²) in [5, 5.41) is 11.9. The molecule has 104 valence electrons. The van der Waals surface area contributed by atoms with Crippen LogP contribution in [0.15, 0.2) is 12.3 Å². The van der Waals surface area contributed by atoms with E-state index in [1.165, 1.54) is 0 Å². The second-order valence-corrected chi connectivity index (χ2v) is 4.24. The number of ether oxygens (including phenoxy) is 1. The summed E-state index contributed by atoms with van der Waals surface area (Å²) in [5.74, 6) is -1.65. The van der Waals surface area contributed by atoms with E-state index in [-0.39, 0.29) is 11.4 Å². The summed E-state index contributed by atoms with van der Waals surface area (Å²) in [4.78, 5) is 16.9. The van der Waals surface area contributed by atoms with E-state index < -0.39 is 11.8 Å². The number of carboxylic acid groups (broad SMARTS) is 1. The van der Waals surface area contributed by atoms with E-state index in [0.29, 0.717) is 6.54 Å². The van der Waals surface area contributed by atoms with E-state index in [4.69, 9.17) is 9.84 Å². The molecule has 2 N–H and O–H groups in total. The summed E-state index contributed by atoms with van der Waals surface area (Å²) in [5.41, 5.74) is -0.151. The van der Waals surface area contributed by atoms with E-state index in [2.05, 4.69) is 15.2 Å². The maximum Gasteiger partial charge on any atom is 0.339 e. The molecule has 0 bridgehead atoms. The van der Waals surface area contributed by atoms with Crippen molar-refractivity contribution in [3.8, 4) is 0 Å². The minimum atomic E-state index is -1.19. The fraction of sp³-hybridized carbons (Fsp3) is 0.500. The third-order valence-electron chi connectivity index (χ3n) is 2.91. The second-order valence-electron chi connectivity index (χ2n) is 4.24. The van der Waals surface area contributed by atoms with Crippen molar-refractivity contribution >= 4 is 11.8 Å². The smallest absolute Gasteiger partial charge is 0.339 e. The molecule has 0 atom stereocenters. The monoisotopic (exact) mass is 269 g/mol. The maximum atomic E-state index is 12.9. The topological polar surface area (TPSA) is 74.7 Å². The summed E-state index contributed by atoms with van der Waals surface area (Å²) in [7, 11) is 0. The summed E-state index contributed by atoms with van der Waals surface area (Å²) < 4.78 is 18.2. The van der Waals surface area contributed by atoms with Crippen LogP contribution < -0.4 is 5.32 Å². The van der Waals surface area contributed by atoms with Gasteiger partial charge >= 0.3 is 5.97 Å². The highest BCUT2D eigenvalue weighted by Gasteiger charge is 2.14. The SMILES string of the molecule is O=C(O)c1cc(F)cnc1NCCN1CCOCC1. The van der Waals surface area contributed by atoms with Crippen LogP contribution >= 0.6 is 0 Å². The highest BCUT2D eigenvalue weighted by atomic mass is 19.1. The molecule has 1 aromatic rings. The lowest BCUT2D eigenvalue weighted by molar-refractivity contribution is 0.0398. The minimum Gasteiger partial charge on any atom is -0.478 e. The number of morpholine rings is 1. The molecule has 1 aliphatic heterocycles. The first kappa shape index (κ1) is 13.7. The molecule has 0 radical (unpaired) electrons. The number of carbonyl (C=O) groups is 1. The standard InChI is InChI=1S/C12H16FN3O3/c13-9-7-10(12(17)18)11(15-8-9)14-1-2-16-3-5-19-6-4-16/h7-8H,1-6H2,(H,14,15)(H,17,18). The fourth-order valence-corrected chi connectivity index (χ4v) is 1.90. The van der Waals surface area contributed by atoms with E-state index in [9.17, 15) is 9.18 Å². The first-order valence-corrected chi connectivity index (χ1v) is 6.09. The van der Waals surface area contributed by atoms with Crippen LogP contribution in [0, 0.1) is 5.82 Å². The number of aromatic nitrogens is 1. The molecule has 0 saturated carbocycles. The summed E-state index contributed by atoms with van der Waals surface area (Å²) in [6.45, 7) is 4.49. The third kappa shape index (κ3) is 3.87. The number of halogens is 1. The molecular formula is C12H16FN3O3. The van der Waals surface area contributed by atoms with Crippen molar-refractivity contribution in [1.29, 1.82) is 0 Å². The molecule has 1 aromatic heterocycles. The molecule has 0 aliphatic carbocycles. The molecule has 1 saturated heterocycles. The number of hydrogen-bond acceptors (Lipinski definition) is 5. The Balaban J connectivity index is 1.89. The van der Waals surface area contributed by atoms with Crippen LogP contribution in [0.3, 0.4) is 0 Å². The average molecular weight is 269 g/mol. The van der Waals surface area contributed by atoms with Gasteiger partial charge in [-0.2, -0.15) is 0 Å². The Kier molecular flexibility index (Phi) is 4.64. The number of nitrogens with zero attached hydrogens (tertiary/aromatic N) is 2. The highest BCUT2D eigenvalue weighted by molar-refractivity contribution is 5.93. The van der Waals surface area contributed by atoms with Gasteiger partial charge in [-0.15, -0.1) is 0 Å². The Morgan fingerprint density at radius 2 is 2.26 bits per heavy atom. The molecular weight excluding hydrogens is 253 g/mol. The molecule has 0 aromatic carbocycles. The van der Waals surface area contributed by atoms with E-state index in [1.807, 2.05) is 0 Å². The molecule has 2 rings (SSSR count). The first-order chi connectivity index (χ1) is 9.16. The zero-order valence-electron chi connectivity index (χ0n) is 10.4. The Morgan fingerprint density at radius 3 is 2.95 bits per heavy atom. The quantitative estimate of drug-likeness (QED) is 0.818. The van der Waals surface area contributed by atoms with Gasteiger partial charge in [0.15, 0.2) is 0 Å². The van der Waals surface area contributed by atoms with Crippen LogP contribution in [0.25, 0.3) is 0 Å². The largest absolute Gasteiger partial charge is 0.478 e. The molecule has 0 unspecified atom stereocenters. The molecule has 1 fully saturated rings. The van der Waals surface area contributed by atoms with Gasteiger partial charge in [0.05, 0.1) is 19.4 Å². The lowest BCUT2D eigenvalue weighted by atomic mass is 10.2. The van der Waals surface area contributed by atoms with Gasteiger partial charge in [-0.05, 0) is 6.07 Å². The Hall–Kier alpha value is -1.73. The number of pyridine rings is 1. The van der Waals surface area contributed by atoms with Crippen LogP contribution in [0.1, 0.15) is 10.4 Å². The van der Waals surface area contributed by atoms with E-state index in [0.717, 1.165) is 45.1 Å². The zero-order chi connectivity index (χ0) is 13.7. The average Bonchev–Trinajstić information content (AvgIpc) is 2.41. The number of hydrogen-bond donors (Lipinski definition) is 2. The van der Waals surface area contributed by atoms with Gasteiger partial charge < -0.3 is 15.2 Å². The highest BCUT2D eigenvalue weighted by Crippen LogP contribution is 2.13. The van der Waals surface area contributed by atoms with Gasteiger partial charge in [-0.1, -0.05) is 0 Å². The summed E-state index contributed by atoms with van der Waals surface area (Å²) in [6.07, 6.45) is 1.00. The predicted molar refractivity (Wildman–Crippen MR) is 66.9 cm³/mol. The second kappa shape index (κ2) is 6.44. The molecule has 2 heterocycles. The molecule has 6 nitrogen and oxygen atoms in total. The van der Waals surface area contributed by atoms with Gasteiger partial charge in [0.25, 0.3) is 0 Å².